The van der Waals surface area contributed by atoms with E-state index < -0.39 is 0 Å². The standard InChI is InChI=1S/C9H9N3O/c1-12-9(10-6-11-12)7-3-2-4-8(13)5-7/h2-6,13H,1H3. The lowest BCUT2D eigenvalue weighted by Crippen LogP contribution is -1.93. The van der Waals surface area contributed by atoms with E-state index >= 15 is 0 Å². The summed E-state index contributed by atoms with van der Waals surface area (Å²) in [5.74, 6) is 0.983. The Morgan fingerprint density at radius 2 is 2.23 bits per heavy atom. The topological polar surface area (TPSA) is 50.9 Å². The summed E-state index contributed by atoms with van der Waals surface area (Å²) in [7, 11) is 1.81. The van der Waals surface area contributed by atoms with Gasteiger partial charge in [0.25, 0.3) is 0 Å². The van der Waals surface area contributed by atoms with Gasteiger partial charge in [-0.3, -0.25) is 0 Å². The first-order chi connectivity index (χ1) is 6.27. The molecule has 0 fully saturated rings. The van der Waals surface area contributed by atoms with Crippen molar-refractivity contribution in [3.8, 4) is 17.1 Å². The van der Waals surface area contributed by atoms with Crippen LogP contribution in [-0.4, -0.2) is 19.9 Å². The predicted molar refractivity (Wildman–Crippen MR) is 48.1 cm³/mol. The van der Waals surface area contributed by atoms with E-state index in [4.69, 9.17) is 0 Å². The zero-order chi connectivity index (χ0) is 9.26. The second-order valence-electron chi connectivity index (χ2n) is 2.76. The molecule has 2 rings (SSSR count). The van der Waals surface area contributed by atoms with Gasteiger partial charge in [0.2, 0.25) is 0 Å². The van der Waals surface area contributed by atoms with Crippen LogP contribution in [0.1, 0.15) is 0 Å². The molecule has 0 aliphatic heterocycles. The van der Waals surface area contributed by atoms with E-state index in [0.29, 0.717) is 0 Å². The fraction of sp³-hybridized carbons (Fsp3) is 0.111. The Morgan fingerprint density at radius 3 is 2.85 bits per heavy atom. The summed E-state index contributed by atoms with van der Waals surface area (Å²) in [6.07, 6.45) is 1.49. The second kappa shape index (κ2) is 2.90. The SMILES string of the molecule is Cn1ncnc1-c1cccc(O)c1. The molecule has 1 heterocycles. The number of phenols is 1. The Balaban J connectivity index is 2.53. The van der Waals surface area contributed by atoms with Gasteiger partial charge < -0.3 is 5.11 Å². The smallest absolute Gasteiger partial charge is 0.157 e. The molecule has 0 unspecified atom stereocenters. The molecule has 0 saturated carbocycles. The number of hydrogen-bond acceptors (Lipinski definition) is 3. The van der Waals surface area contributed by atoms with Crippen LogP contribution >= 0.6 is 0 Å². The van der Waals surface area contributed by atoms with Gasteiger partial charge in [-0.15, -0.1) is 0 Å². The number of nitrogens with zero attached hydrogens (tertiary/aromatic N) is 3. The van der Waals surface area contributed by atoms with E-state index in [1.54, 1.807) is 22.9 Å². The van der Waals surface area contributed by atoms with Crippen molar-refractivity contribution in [1.82, 2.24) is 14.8 Å². The van der Waals surface area contributed by atoms with Crippen molar-refractivity contribution in [2.45, 2.75) is 0 Å². The van der Waals surface area contributed by atoms with Gasteiger partial charge >= 0.3 is 0 Å². The van der Waals surface area contributed by atoms with Crippen LogP contribution in [0.2, 0.25) is 0 Å². The van der Waals surface area contributed by atoms with Crippen molar-refractivity contribution in [1.29, 1.82) is 0 Å². The molecular weight excluding hydrogens is 166 g/mol. The van der Waals surface area contributed by atoms with Crippen LogP contribution in [0, 0.1) is 0 Å². The van der Waals surface area contributed by atoms with Gasteiger partial charge in [-0.25, -0.2) is 9.67 Å². The Morgan fingerprint density at radius 1 is 1.38 bits per heavy atom. The van der Waals surface area contributed by atoms with Crippen LogP contribution in [0.25, 0.3) is 11.4 Å². The van der Waals surface area contributed by atoms with Gasteiger partial charge in [0.1, 0.15) is 12.1 Å². The summed E-state index contributed by atoms with van der Waals surface area (Å²) in [4.78, 5) is 4.07. The van der Waals surface area contributed by atoms with Crippen LogP contribution in [-0.2, 0) is 7.05 Å². The van der Waals surface area contributed by atoms with Crippen molar-refractivity contribution in [3.05, 3.63) is 30.6 Å². The summed E-state index contributed by atoms with van der Waals surface area (Å²) in [5.41, 5.74) is 0.861. The van der Waals surface area contributed by atoms with E-state index in [2.05, 4.69) is 10.1 Å². The quantitative estimate of drug-likeness (QED) is 0.708. The molecule has 1 aromatic carbocycles. The molecule has 2 aromatic rings. The van der Waals surface area contributed by atoms with Crippen molar-refractivity contribution in [3.63, 3.8) is 0 Å². The molecule has 0 bridgehead atoms. The van der Waals surface area contributed by atoms with E-state index in [1.807, 2.05) is 13.1 Å². The highest BCUT2D eigenvalue weighted by Gasteiger charge is 2.03. The summed E-state index contributed by atoms with van der Waals surface area (Å²) >= 11 is 0. The lowest BCUT2D eigenvalue weighted by molar-refractivity contribution is 0.475. The van der Waals surface area contributed by atoms with Crippen LogP contribution in [0.3, 0.4) is 0 Å². The fourth-order valence-corrected chi connectivity index (χ4v) is 1.20. The van der Waals surface area contributed by atoms with E-state index in [9.17, 15) is 5.11 Å². The molecule has 66 valence electrons. The zero-order valence-electron chi connectivity index (χ0n) is 7.18. The van der Waals surface area contributed by atoms with Crippen LogP contribution < -0.4 is 0 Å². The first-order valence-corrected chi connectivity index (χ1v) is 3.91. The van der Waals surface area contributed by atoms with Crippen LogP contribution in [0.5, 0.6) is 5.75 Å². The second-order valence-corrected chi connectivity index (χ2v) is 2.76. The number of hydrogen-bond donors (Lipinski definition) is 1. The molecular formula is C9H9N3O. The minimum absolute atomic E-state index is 0.237. The third-order valence-corrected chi connectivity index (χ3v) is 1.82. The number of aromatic nitrogens is 3. The van der Waals surface area contributed by atoms with Gasteiger partial charge in [0, 0.05) is 12.6 Å². The fourth-order valence-electron chi connectivity index (χ4n) is 1.20. The lowest BCUT2D eigenvalue weighted by Gasteiger charge is -1.99. The van der Waals surface area contributed by atoms with Gasteiger partial charge in [-0.1, -0.05) is 12.1 Å². The Kier molecular flexibility index (Phi) is 1.73. The maximum Gasteiger partial charge on any atom is 0.157 e. The molecule has 0 amide bonds. The van der Waals surface area contributed by atoms with Crippen molar-refractivity contribution in [2.75, 3.05) is 0 Å². The molecule has 0 aliphatic rings. The minimum Gasteiger partial charge on any atom is -0.508 e. The van der Waals surface area contributed by atoms with Crippen LogP contribution in [0.4, 0.5) is 0 Å². The highest BCUT2D eigenvalue weighted by atomic mass is 16.3. The number of phenolic OH excluding ortho intramolecular Hbond substituents is 1. The summed E-state index contributed by atoms with van der Waals surface area (Å²) in [6, 6.07) is 6.94. The summed E-state index contributed by atoms with van der Waals surface area (Å²) < 4.78 is 1.66. The zero-order valence-corrected chi connectivity index (χ0v) is 7.18. The molecule has 4 nitrogen and oxygen atoms in total. The molecule has 1 aromatic heterocycles. The summed E-state index contributed by atoms with van der Waals surface area (Å²) in [5, 5.41) is 13.2. The Hall–Kier alpha value is -1.84. The average molecular weight is 175 g/mol. The lowest BCUT2D eigenvalue weighted by atomic mass is 10.2. The third kappa shape index (κ3) is 1.38. The number of aryl methyl sites for hydroxylation is 1. The monoisotopic (exact) mass is 175 g/mol. The van der Waals surface area contributed by atoms with E-state index in [-0.39, 0.29) is 5.75 Å². The molecule has 0 radical (unpaired) electrons. The first-order valence-electron chi connectivity index (χ1n) is 3.91. The van der Waals surface area contributed by atoms with Crippen molar-refractivity contribution >= 4 is 0 Å². The third-order valence-electron chi connectivity index (χ3n) is 1.82. The van der Waals surface area contributed by atoms with E-state index in [1.165, 1.54) is 6.33 Å². The Bertz CT molecular complexity index is 422. The van der Waals surface area contributed by atoms with Gasteiger partial charge in [-0.05, 0) is 12.1 Å². The maximum absolute atomic E-state index is 9.25. The average Bonchev–Trinajstić information content (AvgIpc) is 2.51. The predicted octanol–water partition coefficient (Wildman–Crippen LogP) is 1.19. The largest absolute Gasteiger partial charge is 0.508 e. The highest BCUT2D eigenvalue weighted by Crippen LogP contribution is 2.19. The summed E-state index contributed by atoms with van der Waals surface area (Å²) in [6.45, 7) is 0. The Labute approximate surface area is 75.5 Å². The molecule has 0 saturated heterocycles. The molecule has 0 aliphatic carbocycles. The number of rotatable bonds is 1. The van der Waals surface area contributed by atoms with Gasteiger partial charge in [-0.2, -0.15) is 5.10 Å². The van der Waals surface area contributed by atoms with Gasteiger partial charge in [0.05, 0.1) is 0 Å². The molecule has 0 spiro atoms. The maximum atomic E-state index is 9.25. The number of benzene rings is 1. The van der Waals surface area contributed by atoms with Crippen LogP contribution in [0.15, 0.2) is 30.6 Å². The normalized spacial score (nSPS) is 10.2. The molecule has 1 N–H and O–H groups in total. The highest BCUT2D eigenvalue weighted by molar-refractivity contribution is 5.57. The van der Waals surface area contributed by atoms with E-state index in [0.717, 1.165) is 11.4 Å². The minimum atomic E-state index is 0.237. The molecule has 4 heteroatoms. The van der Waals surface area contributed by atoms with Gasteiger partial charge in [0.15, 0.2) is 5.82 Å². The molecule has 0 atom stereocenters. The number of aromatic hydroxyl groups is 1. The molecule has 13 heavy (non-hydrogen) atoms. The van der Waals surface area contributed by atoms with Crippen molar-refractivity contribution in [2.24, 2.45) is 7.05 Å². The first kappa shape index (κ1) is 7.79. The van der Waals surface area contributed by atoms with Crippen molar-refractivity contribution < 1.29 is 5.11 Å².